The smallest absolute Gasteiger partial charge is 0.313 e. The Balaban J connectivity index is 2.53. The van der Waals surface area contributed by atoms with Crippen LogP contribution in [0, 0.1) is 23.0 Å². The number of ether oxygens (including phenoxy) is 1. The first-order valence-electron chi connectivity index (χ1n) is 6.58. The Morgan fingerprint density at radius 3 is 2.62 bits per heavy atom. The number of primary sulfonamides is 1. The van der Waals surface area contributed by atoms with Crippen LogP contribution in [0.25, 0.3) is 0 Å². The molecule has 0 fully saturated rings. The molecule has 1 unspecified atom stereocenters. The van der Waals surface area contributed by atoms with E-state index in [-0.39, 0.29) is 29.7 Å². The van der Waals surface area contributed by atoms with Gasteiger partial charge in [0.25, 0.3) is 0 Å². The van der Waals surface area contributed by atoms with Crippen molar-refractivity contribution in [2.24, 2.45) is 11.1 Å². The van der Waals surface area contributed by atoms with Crippen LogP contribution in [-0.2, 0) is 10.0 Å². The Hall–Kier alpha value is -1.67. The van der Waals surface area contributed by atoms with E-state index in [1.165, 1.54) is 0 Å². The van der Waals surface area contributed by atoms with Gasteiger partial charge in [0.05, 0.1) is 17.3 Å². The lowest BCUT2D eigenvalue weighted by atomic mass is 10.1. The lowest BCUT2D eigenvalue weighted by molar-refractivity contribution is -0.386. The van der Waals surface area contributed by atoms with E-state index in [0.717, 1.165) is 0 Å². The SMILES string of the molecule is Cc1cccc(OCCC(C)CCS(N)(=O)=O)c1[N+](=O)[O-]. The molecule has 1 atom stereocenters. The number of aryl methyl sites for hydroxylation is 1. The summed E-state index contributed by atoms with van der Waals surface area (Å²) in [5, 5.41) is 15.9. The van der Waals surface area contributed by atoms with Crippen LogP contribution in [0.2, 0.25) is 0 Å². The third-order valence-electron chi connectivity index (χ3n) is 3.15. The van der Waals surface area contributed by atoms with E-state index in [1.807, 2.05) is 6.92 Å². The first-order chi connectivity index (χ1) is 9.70. The van der Waals surface area contributed by atoms with Crippen LogP contribution in [0.4, 0.5) is 5.69 Å². The van der Waals surface area contributed by atoms with E-state index < -0.39 is 14.9 Å². The summed E-state index contributed by atoms with van der Waals surface area (Å²) in [5.74, 6) is 0.268. The lowest BCUT2D eigenvalue weighted by Crippen LogP contribution is -2.18. The summed E-state index contributed by atoms with van der Waals surface area (Å²) in [6.07, 6.45) is 1.04. The van der Waals surface area contributed by atoms with Crippen molar-refractivity contribution in [1.82, 2.24) is 0 Å². The summed E-state index contributed by atoms with van der Waals surface area (Å²) in [7, 11) is -3.45. The first-order valence-corrected chi connectivity index (χ1v) is 8.29. The van der Waals surface area contributed by atoms with E-state index in [1.54, 1.807) is 25.1 Å². The molecule has 0 saturated heterocycles. The monoisotopic (exact) mass is 316 g/mol. The van der Waals surface area contributed by atoms with Gasteiger partial charge in [-0.05, 0) is 31.7 Å². The zero-order chi connectivity index (χ0) is 16.0. The van der Waals surface area contributed by atoms with Crippen LogP contribution in [0.5, 0.6) is 5.75 Å². The Labute approximate surface area is 124 Å². The van der Waals surface area contributed by atoms with Crippen molar-refractivity contribution in [3.05, 3.63) is 33.9 Å². The molecule has 0 aliphatic carbocycles. The van der Waals surface area contributed by atoms with Gasteiger partial charge in [0.2, 0.25) is 10.0 Å². The Kier molecular flexibility index (Phi) is 6.10. The number of nitro benzene ring substituents is 1. The molecule has 1 aromatic carbocycles. The van der Waals surface area contributed by atoms with Crippen molar-refractivity contribution in [2.45, 2.75) is 26.7 Å². The summed E-state index contributed by atoms with van der Waals surface area (Å²) < 4.78 is 27.2. The predicted octanol–water partition coefficient (Wildman–Crippen LogP) is 1.99. The van der Waals surface area contributed by atoms with Crippen LogP contribution in [-0.4, -0.2) is 25.7 Å². The van der Waals surface area contributed by atoms with Gasteiger partial charge in [0, 0.05) is 5.56 Å². The second-order valence-electron chi connectivity index (χ2n) is 5.08. The topological polar surface area (TPSA) is 113 Å². The maximum Gasteiger partial charge on any atom is 0.313 e. The van der Waals surface area contributed by atoms with Crippen molar-refractivity contribution < 1.29 is 18.1 Å². The molecule has 2 N–H and O–H groups in total. The van der Waals surface area contributed by atoms with Gasteiger partial charge in [-0.25, -0.2) is 13.6 Å². The molecule has 0 spiro atoms. The van der Waals surface area contributed by atoms with Crippen LogP contribution in [0.15, 0.2) is 18.2 Å². The fourth-order valence-corrected chi connectivity index (χ4v) is 2.59. The molecule has 1 aromatic rings. The van der Waals surface area contributed by atoms with Gasteiger partial charge in [-0.3, -0.25) is 10.1 Å². The van der Waals surface area contributed by atoms with Gasteiger partial charge < -0.3 is 4.74 Å². The highest BCUT2D eigenvalue weighted by Gasteiger charge is 2.18. The van der Waals surface area contributed by atoms with E-state index in [0.29, 0.717) is 18.4 Å². The minimum atomic E-state index is -3.45. The quantitative estimate of drug-likeness (QED) is 0.582. The number of benzene rings is 1. The minimum absolute atomic E-state index is 0.0327. The summed E-state index contributed by atoms with van der Waals surface area (Å²) in [6, 6.07) is 4.90. The third kappa shape index (κ3) is 6.09. The van der Waals surface area contributed by atoms with E-state index in [4.69, 9.17) is 9.88 Å². The average molecular weight is 316 g/mol. The molecule has 0 amide bonds. The Morgan fingerprint density at radius 2 is 2.05 bits per heavy atom. The number of rotatable bonds is 8. The molecule has 0 bridgehead atoms. The van der Waals surface area contributed by atoms with Gasteiger partial charge in [-0.1, -0.05) is 19.1 Å². The largest absolute Gasteiger partial charge is 0.487 e. The lowest BCUT2D eigenvalue weighted by Gasteiger charge is -2.12. The molecule has 118 valence electrons. The zero-order valence-electron chi connectivity index (χ0n) is 12.1. The molecule has 0 heterocycles. The number of hydrogen-bond donors (Lipinski definition) is 1. The maximum absolute atomic E-state index is 11.0. The molecular weight excluding hydrogens is 296 g/mol. The number of sulfonamides is 1. The van der Waals surface area contributed by atoms with Crippen molar-refractivity contribution in [3.63, 3.8) is 0 Å². The van der Waals surface area contributed by atoms with Gasteiger partial charge in [0.15, 0.2) is 5.75 Å². The molecule has 21 heavy (non-hydrogen) atoms. The van der Waals surface area contributed by atoms with Crippen LogP contribution < -0.4 is 9.88 Å². The fraction of sp³-hybridized carbons (Fsp3) is 0.538. The Bertz CT molecular complexity index is 601. The number of hydrogen-bond acceptors (Lipinski definition) is 5. The Morgan fingerprint density at radius 1 is 1.38 bits per heavy atom. The number of nitrogens with zero attached hydrogens (tertiary/aromatic N) is 1. The van der Waals surface area contributed by atoms with Gasteiger partial charge in [0.1, 0.15) is 0 Å². The molecule has 8 heteroatoms. The molecule has 0 saturated carbocycles. The van der Waals surface area contributed by atoms with Gasteiger partial charge in [-0.15, -0.1) is 0 Å². The molecule has 0 aliphatic rings. The summed E-state index contributed by atoms with van der Waals surface area (Å²) in [5.41, 5.74) is 0.509. The molecule has 0 aromatic heterocycles. The third-order valence-corrected chi connectivity index (χ3v) is 3.95. The normalized spacial score (nSPS) is 12.9. The average Bonchev–Trinajstić information content (AvgIpc) is 2.35. The molecule has 0 aliphatic heterocycles. The molecule has 7 nitrogen and oxygen atoms in total. The van der Waals surface area contributed by atoms with E-state index in [2.05, 4.69) is 0 Å². The van der Waals surface area contributed by atoms with Gasteiger partial charge >= 0.3 is 5.69 Å². The summed E-state index contributed by atoms with van der Waals surface area (Å²) in [6.45, 7) is 3.83. The molecule has 1 rings (SSSR count). The van der Waals surface area contributed by atoms with E-state index in [9.17, 15) is 18.5 Å². The minimum Gasteiger partial charge on any atom is -0.487 e. The van der Waals surface area contributed by atoms with Crippen molar-refractivity contribution in [3.8, 4) is 5.75 Å². The highest BCUT2D eigenvalue weighted by atomic mass is 32.2. The van der Waals surface area contributed by atoms with Crippen LogP contribution >= 0.6 is 0 Å². The summed E-state index contributed by atoms with van der Waals surface area (Å²) in [4.78, 5) is 10.5. The van der Waals surface area contributed by atoms with Gasteiger partial charge in [-0.2, -0.15) is 0 Å². The van der Waals surface area contributed by atoms with Crippen LogP contribution in [0.1, 0.15) is 25.3 Å². The van der Waals surface area contributed by atoms with Crippen molar-refractivity contribution >= 4 is 15.7 Å². The van der Waals surface area contributed by atoms with Crippen LogP contribution in [0.3, 0.4) is 0 Å². The predicted molar refractivity (Wildman–Crippen MR) is 79.7 cm³/mol. The number of para-hydroxylation sites is 1. The fourth-order valence-electron chi connectivity index (χ4n) is 1.86. The summed E-state index contributed by atoms with van der Waals surface area (Å²) >= 11 is 0. The highest BCUT2D eigenvalue weighted by molar-refractivity contribution is 7.89. The number of nitrogens with two attached hydrogens (primary N) is 1. The van der Waals surface area contributed by atoms with Crippen molar-refractivity contribution in [2.75, 3.05) is 12.4 Å². The number of nitro groups is 1. The highest BCUT2D eigenvalue weighted by Crippen LogP contribution is 2.30. The second kappa shape index (κ2) is 7.37. The first kappa shape index (κ1) is 17.4. The second-order valence-corrected chi connectivity index (χ2v) is 6.81. The molecular formula is C13H20N2O5S. The van der Waals surface area contributed by atoms with E-state index >= 15 is 0 Å². The van der Waals surface area contributed by atoms with Crippen molar-refractivity contribution in [1.29, 1.82) is 0 Å². The zero-order valence-corrected chi connectivity index (χ0v) is 12.9. The molecule has 0 radical (unpaired) electrons. The standard InChI is InChI=1S/C13H20N2O5S/c1-10(7-9-21(14,18)19)6-8-20-12-5-3-4-11(2)13(12)15(16)17/h3-5,10H,6-9H2,1-2H3,(H2,14,18,19). The maximum atomic E-state index is 11.0.